The van der Waals surface area contributed by atoms with Crippen molar-refractivity contribution in [2.24, 2.45) is 0 Å². The number of aromatic nitrogens is 3. The van der Waals surface area contributed by atoms with Crippen molar-refractivity contribution in [2.75, 3.05) is 5.75 Å². The molecule has 1 aliphatic carbocycles. The van der Waals surface area contributed by atoms with Crippen LogP contribution in [0.1, 0.15) is 17.5 Å². The van der Waals surface area contributed by atoms with E-state index in [1.165, 1.54) is 27.8 Å². The molecule has 0 aliphatic heterocycles. The van der Waals surface area contributed by atoms with E-state index in [2.05, 4.69) is 16.3 Å². The monoisotopic (exact) mass is 391 g/mol. The Balaban J connectivity index is 1.79. The Bertz CT molecular complexity index is 951. The minimum absolute atomic E-state index is 0.0343. The first-order valence-corrected chi connectivity index (χ1v) is 9.97. The zero-order chi connectivity index (χ0) is 17.4. The molecule has 3 aromatic rings. The van der Waals surface area contributed by atoms with Crippen LogP contribution in [0.4, 0.5) is 0 Å². The van der Waals surface area contributed by atoms with Crippen molar-refractivity contribution in [3.63, 3.8) is 0 Å². The van der Waals surface area contributed by atoms with Crippen LogP contribution in [-0.4, -0.2) is 31.6 Å². The van der Waals surface area contributed by atoms with Gasteiger partial charge in [-0.15, -0.1) is 21.5 Å². The molecule has 128 valence electrons. The van der Waals surface area contributed by atoms with E-state index in [1.807, 2.05) is 22.8 Å². The molecule has 0 atom stereocenters. The van der Waals surface area contributed by atoms with Gasteiger partial charge < -0.3 is 5.11 Å². The average Bonchev–Trinajstić information content (AvgIpc) is 3.28. The summed E-state index contributed by atoms with van der Waals surface area (Å²) in [4.78, 5) is 12.1. The van der Waals surface area contributed by atoms with Crippen molar-refractivity contribution in [3.05, 3.63) is 46.7 Å². The number of carbonyl (C=O) groups is 1. The molecular formula is C17H14ClN3O2S2. The fraction of sp³-hybridized carbons (Fsp3) is 0.235. The number of benzene rings is 1. The normalized spacial score (nSPS) is 13.2. The Morgan fingerprint density at radius 3 is 3.00 bits per heavy atom. The summed E-state index contributed by atoms with van der Waals surface area (Å²) in [7, 11) is 0. The molecule has 0 bridgehead atoms. The summed E-state index contributed by atoms with van der Waals surface area (Å²) in [5, 5.41) is 19.4. The predicted molar refractivity (Wildman–Crippen MR) is 100 cm³/mol. The Labute approximate surface area is 157 Å². The van der Waals surface area contributed by atoms with Gasteiger partial charge in [-0.05, 0) is 48.1 Å². The highest BCUT2D eigenvalue weighted by molar-refractivity contribution is 7.99. The number of aliphatic carboxylic acids is 1. The van der Waals surface area contributed by atoms with Gasteiger partial charge in [0, 0.05) is 9.90 Å². The molecule has 5 nitrogen and oxygen atoms in total. The van der Waals surface area contributed by atoms with Crippen LogP contribution in [-0.2, 0) is 17.6 Å². The predicted octanol–water partition coefficient (Wildman–Crippen LogP) is 4.31. The van der Waals surface area contributed by atoms with Crippen LogP contribution < -0.4 is 0 Å². The topological polar surface area (TPSA) is 68.0 Å². The summed E-state index contributed by atoms with van der Waals surface area (Å²) in [5.74, 6) is -0.900. The van der Waals surface area contributed by atoms with Crippen LogP contribution in [0.15, 0.2) is 35.7 Å². The van der Waals surface area contributed by atoms with Gasteiger partial charge in [0.15, 0.2) is 5.16 Å². The average molecular weight is 392 g/mol. The van der Waals surface area contributed by atoms with Gasteiger partial charge in [-0.3, -0.25) is 9.36 Å². The first-order valence-electron chi connectivity index (χ1n) is 7.79. The smallest absolute Gasteiger partial charge is 0.313 e. The van der Waals surface area contributed by atoms with Crippen LogP contribution in [0.5, 0.6) is 0 Å². The molecule has 8 heteroatoms. The molecule has 25 heavy (non-hydrogen) atoms. The minimum atomic E-state index is -0.865. The third-order valence-electron chi connectivity index (χ3n) is 4.10. The summed E-state index contributed by atoms with van der Waals surface area (Å²) in [6.07, 6.45) is 4.85. The van der Waals surface area contributed by atoms with Crippen LogP contribution in [0.25, 0.3) is 15.4 Å². The number of thioether (sulfide) groups is 1. The van der Waals surface area contributed by atoms with Gasteiger partial charge in [-0.25, -0.2) is 0 Å². The zero-order valence-electron chi connectivity index (χ0n) is 13.1. The molecule has 2 heterocycles. The number of halogens is 1. The molecule has 0 unspecified atom stereocenters. The summed E-state index contributed by atoms with van der Waals surface area (Å²) in [6.45, 7) is 0. The standard InChI is InChI=1S/C17H14ClN3O2S2/c18-11-4-1-3-10(7-11)15-12-5-2-6-13(12)16(25-15)21-9-19-20-17(21)24-8-14(22)23/h1,3-4,7,9H,2,5-6,8H2,(H,22,23). The Hall–Kier alpha value is -1.83. The molecule has 0 spiro atoms. The first-order chi connectivity index (χ1) is 12.1. The van der Waals surface area contributed by atoms with Gasteiger partial charge in [0.1, 0.15) is 11.3 Å². The van der Waals surface area contributed by atoms with Crippen molar-refractivity contribution in [1.82, 2.24) is 14.8 Å². The number of thiophene rings is 1. The molecule has 0 fully saturated rings. The van der Waals surface area contributed by atoms with E-state index in [4.69, 9.17) is 16.7 Å². The largest absolute Gasteiger partial charge is 0.481 e. The summed E-state index contributed by atoms with van der Waals surface area (Å²) < 4.78 is 1.91. The first kappa shape index (κ1) is 16.6. The van der Waals surface area contributed by atoms with E-state index in [0.717, 1.165) is 34.8 Å². The van der Waals surface area contributed by atoms with Gasteiger partial charge in [-0.1, -0.05) is 35.5 Å². The van der Waals surface area contributed by atoms with E-state index >= 15 is 0 Å². The van der Waals surface area contributed by atoms with E-state index in [0.29, 0.717) is 5.16 Å². The van der Waals surface area contributed by atoms with E-state index < -0.39 is 5.97 Å². The van der Waals surface area contributed by atoms with E-state index in [-0.39, 0.29) is 5.75 Å². The maximum Gasteiger partial charge on any atom is 0.313 e. The van der Waals surface area contributed by atoms with Crippen molar-refractivity contribution in [1.29, 1.82) is 0 Å². The Morgan fingerprint density at radius 2 is 2.20 bits per heavy atom. The van der Waals surface area contributed by atoms with E-state index in [9.17, 15) is 4.79 Å². The van der Waals surface area contributed by atoms with Gasteiger partial charge in [0.2, 0.25) is 0 Å². The molecule has 1 aromatic carbocycles. The lowest BCUT2D eigenvalue weighted by atomic mass is 10.1. The third-order valence-corrected chi connectivity index (χ3v) is 6.58. The molecule has 0 saturated carbocycles. The fourth-order valence-corrected chi connectivity index (χ4v) is 5.35. The van der Waals surface area contributed by atoms with Crippen LogP contribution >= 0.6 is 34.7 Å². The van der Waals surface area contributed by atoms with Crippen molar-refractivity contribution >= 4 is 40.7 Å². The fourth-order valence-electron chi connectivity index (χ4n) is 3.10. The summed E-state index contributed by atoms with van der Waals surface area (Å²) in [5.41, 5.74) is 3.80. The Kier molecular flexibility index (Phi) is 4.54. The molecule has 0 saturated heterocycles. The van der Waals surface area contributed by atoms with Crippen LogP contribution in [0, 0.1) is 0 Å². The van der Waals surface area contributed by atoms with Gasteiger partial charge in [0.25, 0.3) is 0 Å². The third kappa shape index (κ3) is 3.19. The molecular weight excluding hydrogens is 378 g/mol. The van der Waals surface area contributed by atoms with Gasteiger partial charge in [-0.2, -0.15) is 0 Å². The Morgan fingerprint density at radius 1 is 1.36 bits per heavy atom. The lowest BCUT2D eigenvalue weighted by Gasteiger charge is -2.04. The molecule has 4 rings (SSSR count). The highest BCUT2D eigenvalue weighted by atomic mass is 35.5. The maximum atomic E-state index is 10.9. The molecule has 0 amide bonds. The number of carboxylic acid groups (broad SMARTS) is 1. The SMILES string of the molecule is O=C(O)CSc1nncn1-c1sc(-c2cccc(Cl)c2)c2c1CCC2. The van der Waals surface area contributed by atoms with Crippen LogP contribution in [0.3, 0.4) is 0 Å². The van der Waals surface area contributed by atoms with E-state index in [1.54, 1.807) is 17.7 Å². The summed E-state index contributed by atoms with van der Waals surface area (Å²) in [6, 6.07) is 7.90. The number of fused-ring (bicyclic) bond motifs is 1. The van der Waals surface area contributed by atoms with Gasteiger partial charge >= 0.3 is 5.97 Å². The van der Waals surface area contributed by atoms with Gasteiger partial charge in [0.05, 0.1) is 5.75 Å². The number of hydrogen-bond donors (Lipinski definition) is 1. The molecule has 1 N–H and O–H groups in total. The number of rotatable bonds is 5. The second kappa shape index (κ2) is 6.82. The second-order valence-electron chi connectivity index (χ2n) is 5.72. The van der Waals surface area contributed by atoms with Crippen molar-refractivity contribution < 1.29 is 9.90 Å². The maximum absolute atomic E-state index is 10.9. The zero-order valence-corrected chi connectivity index (χ0v) is 15.5. The van der Waals surface area contributed by atoms with Crippen LogP contribution in [0.2, 0.25) is 5.02 Å². The quantitative estimate of drug-likeness (QED) is 0.656. The van der Waals surface area contributed by atoms with Crippen molar-refractivity contribution in [3.8, 4) is 15.4 Å². The second-order valence-corrected chi connectivity index (χ2v) is 8.10. The lowest BCUT2D eigenvalue weighted by Crippen LogP contribution is -2.01. The van der Waals surface area contributed by atoms with Crippen molar-refractivity contribution in [2.45, 2.75) is 24.4 Å². The minimum Gasteiger partial charge on any atom is -0.481 e. The highest BCUT2D eigenvalue weighted by Gasteiger charge is 2.25. The molecule has 2 aromatic heterocycles. The molecule has 1 aliphatic rings. The number of hydrogen-bond acceptors (Lipinski definition) is 5. The highest BCUT2D eigenvalue weighted by Crippen LogP contribution is 2.44. The number of carboxylic acids is 1. The lowest BCUT2D eigenvalue weighted by molar-refractivity contribution is -0.133. The molecule has 0 radical (unpaired) electrons. The number of nitrogens with zero attached hydrogens (tertiary/aromatic N) is 3. The summed E-state index contributed by atoms with van der Waals surface area (Å²) >= 11 is 9.05.